The highest BCUT2D eigenvalue weighted by Gasteiger charge is 2.09. The molecule has 0 aliphatic rings. The minimum absolute atomic E-state index is 0.0200. The van der Waals surface area contributed by atoms with E-state index in [1.807, 2.05) is 0 Å². The number of Topliss-reactive ketones (excluding diaryl/α,β-unsaturated/α-hetero) is 1. The van der Waals surface area contributed by atoms with Crippen molar-refractivity contribution in [3.8, 4) is 0 Å². The molecule has 0 aliphatic carbocycles. The maximum absolute atomic E-state index is 11.6. The summed E-state index contributed by atoms with van der Waals surface area (Å²) >= 11 is 11.6. The number of hydrogen-bond acceptors (Lipinski definition) is 1. The molecule has 14 heavy (non-hydrogen) atoms. The Balaban J connectivity index is 2.84. The van der Waals surface area contributed by atoms with Crippen LogP contribution in [0.3, 0.4) is 0 Å². The fourth-order valence-corrected chi connectivity index (χ4v) is 1.60. The SMILES string of the molecule is C=CCCC(=O)c1ccc(Cl)cc1Cl. The summed E-state index contributed by atoms with van der Waals surface area (Å²) in [5.41, 5.74) is 0.526. The Bertz CT molecular complexity index is 358. The van der Waals surface area contributed by atoms with Gasteiger partial charge >= 0.3 is 0 Å². The molecule has 1 rings (SSSR count). The fraction of sp³-hybridized carbons (Fsp3) is 0.182. The molecule has 1 nitrogen and oxygen atoms in total. The molecule has 0 saturated carbocycles. The third-order valence-corrected chi connectivity index (χ3v) is 2.35. The number of rotatable bonds is 4. The van der Waals surface area contributed by atoms with Crippen molar-refractivity contribution in [3.63, 3.8) is 0 Å². The van der Waals surface area contributed by atoms with Gasteiger partial charge in [0.05, 0.1) is 5.02 Å². The fourth-order valence-electron chi connectivity index (χ4n) is 1.08. The van der Waals surface area contributed by atoms with Crippen molar-refractivity contribution in [2.24, 2.45) is 0 Å². The van der Waals surface area contributed by atoms with Crippen LogP contribution in [-0.2, 0) is 0 Å². The highest BCUT2D eigenvalue weighted by molar-refractivity contribution is 6.36. The second-order valence-electron chi connectivity index (χ2n) is 2.87. The van der Waals surface area contributed by atoms with Gasteiger partial charge in [-0.25, -0.2) is 0 Å². The van der Waals surface area contributed by atoms with Gasteiger partial charge in [-0.1, -0.05) is 29.3 Å². The Morgan fingerprint density at radius 1 is 1.43 bits per heavy atom. The summed E-state index contributed by atoms with van der Waals surface area (Å²) in [6.45, 7) is 3.56. The molecule has 0 heterocycles. The van der Waals surface area contributed by atoms with Gasteiger partial charge in [-0.15, -0.1) is 6.58 Å². The van der Waals surface area contributed by atoms with E-state index in [1.54, 1.807) is 24.3 Å². The van der Waals surface area contributed by atoms with Gasteiger partial charge in [-0.2, -0.15) is 0 Å². The lowest BCUT2D eigenvalue weighted by atomic mass is 10.1. The van der Waals surface area contributed by atoms with Crippen molar-refractivity contribution in [1.29, 1.82) is 0 Å². The van der Waals surface area contributed by atoms with Crippen molar-refractivity contribution in [2.75, 3.05) is 0 Å². The molecule has 1 aromatic carbocycles. The van der Waals surface area contributed by atoms with Crippen LogP contribution in [-0.4, -0.2) is 5.78 Å². The largest absolute Gasteiger partial charge is 0.294 e. The first-order valence-corrected chi connectivity index (χ1v) is 5.00. The molecule has 0 aliphatic heterocycles. The van der Waals surface area contributed by atoms with Gasteiger partial charge in [0.15, 0.2) is 5.78 Å². The van der Waals surface area contributed by atoms with E-state index in [9.17, 15) is 4.79 Å². The number of hydrogen-bond donors (Lipinski definition) is 0. The smallest absolute Gasteiger partial charge is 0.164 e. The first-order chi connectivity index (χ1) is 6.65. The third kappa shape index (κ3) is 2.86. The zero-order chi connectivity index (χ0) is 10.6. The zero-order valence-electron chi connectivity index (χ0n) is 7.59. The monoisotopic (exact) mass is 228 g/mol. The Morgan fingerprint density at radius 2 is 2.14 bits per heavy atom. The molecule has 0 N–H and O–H groups in total. The molecule has 0 unspecified atom stereocenters. The molecule has 0 bridgehead atoms. The van der Waals surface area contributed by atoms with Crippen LogP contribution >= 0.6 is 23.2 Å². The van der Waals surface area contributed by atoms with Gasteiger partial charge in [0.2, 0.25) is 0 Å². The van der Waals surface area contributed by atoms with Crippen LogP contribution in [0.5, 0.6) is 0 Å². The molecular weight excluding hydrogens is 219 g/mol. The first kappa shape index (κ1) is 11.3. The number of allylic oxidation sites excluding steroid dienone is 1. The molecule has 3 heteroatoms. The number of carbonyl (C=O) groups is 1. The van der Waals surface area contributed by atoms with Crippen LogP contribution in [0.25, 0.3) is 0 Å². The van der Waals surface area contributed by atoms with Gasteiger partial charge in [0.25, 0.3) is 0 Å². The molecular formula is C11H10Cl2O. The summed E-state index contributed by atoms with van der Waals surface area (Å²) in [6.07, 6.45) is 2.81. The maximum Gasteiger partial charge on any atom is 0.164 e. The number of benzene rings is 1. The molecule has 0 amide bonds. The van der Waals surface area contributed by atoms with Crippen molar-refractivity contribution in [2.45, 2.75) is 12.8 Å². The van der Waals surface area contributed by atoms with E-state index in [0.29, 0.717) is 28.5 Å². The van der Waals surface area contributed by atoms with Gasteiger partial charge in [-0.3, -0.25) is 4.79 Å². The zero-order valence-corrected chi connectivity index (χ0v) is 9.11. The molecule has 1 aromatic rings. The second-order valence-corrected chi connectivity index (χ2v) is 3.72. The van der Waals surface area contributed by atoms with E-state index >= 15 is 0 Å². The third-order valence-electron chi connectivity index (χ3n) is 1.81. The van der Waals surface area contributed by atoms with Gasteiger partial charge in [0, 0.05) is 17.0 Å². The number of ketones is 1. The second kappa shape index (κ2) is 5.18. The summed E-state index contributed by atoms with van der Waals surface area (Å²) in [6, 6.07) is 4.88. The lowest BCUT2D eigenvalue weighted by Gasteiger charge is -2.02. The van der Waals surface area contributed by atoms with Gasteiger partial charge in [0.1, 0.15) is 0 Å². The molecule has 0 aromatic heterocycles. The predicted octanol–water partition coefficient (Wildman–Crippen LogP) is 4.14. The van der Waals surface area contributed by atoms with E-state index in [0.717, 1.165) is 0 Å². The van der Waals surface area contributed by atoms with E-state index in [2.05, 4.69) is 6.58 Å². The van der Waals surface area contributed by atoms with Crippen molar-refractivity contribution >= 4 is 29.0 Å². The first-order valence-electron chi connectivity index (χ1n) is 4.24. The van der Waals surface area contributed by atoms with Crippen LogP contribution in [0, 0.1) is 0 Å². The van der Waals surface area contributed by atoms with Crippen LogP contribution < -0.4 is 0 Å². The highest BCUT2D eigenvalue weighted by atomic mass is 35.5. The van der Waals surface area contributed by atoms with Crippen molar-refractivity contribution in [3.05, 3.63) is 46.5 Å². The normalized spacial score (nSPS) is 9.86. The molecule has 0 fully saturated rings. The van der Waals surface area contributed by atoms with E-state index in [1.165, 1.54) is 0 Å². The van der Waals surface area contributed by atoms with E-state index < -0.39 is 0 Å². The van der Waals surface area contributed by atoms with Gasteiger partial charge in [-0.05, 0) is 24.6 Å². The quantitative estimate of drug-likeness (QED) is 0.560. The predicted molar refractivity (Wildman–Crippen MR) is 60.2 cm³/mol. The summed E-state index contributed by atoms with van der Waals surface area (Å²) in [5, 5.41) is 0.946. The van der Waals surface area contributed by atoms with Crippen molar-refractivity contribution in [1.82, 2.24) is 0 Å². The van der Waals surface area contributed by atoms with Crippen LogP contribution in [0.2, 0.25) is 10.0 Å². The standard InChI is InChI=1S/C11H10Cl2O/c1-2-3-4-11(14)9-6-5-8(12)7-10(9)13/h2,5-7H,1,3-4H2. The molecule has 0 radical (unpaired) electrons. The lowest BCUT2D eigenvalue weighted by Crippen LogP contribution is -1.98. The molecule has 0 atom stereocenters. The van der Waals surface area contributed by atoms with Crippen LogP contribution in [0.1, 0.15) is 23.2 Å². The molecule has 0 saturated heterocycles. The summed E-state index contributed by atoms with van der Waals surface area (Å²) < 4.78 is 0. The highest BCUT2D eigenvalue weighted by Crippen LogP contribution is 2.22. The minimum atomic E-state index is 0.0200. The summed E-state index contributed by atoms with van der Waals surface area (Å²) in [4.78, 5) is 11.6. The molecule has 0 spiro atoms. The molecule has 74 valence electrons. The van der Waals surface area contributed by atoms with E-state index in [-0.39, 0.29) is 5.78 Å². The summed E-state index contributed by atoms with van der Waals surface area (Å²) in [5.74, 6) is 0.0200. The van der Waals surface area contributed by atoms with E-state index in [4.69, 9.17) is 23.2 Å². The Labute approximate surface area is 93.3 Å². The Hall–Kier alpha value is -0.790. The average Bonchev–Trinajstić information content (AvgIpc) is 2.14. The lowest BCUT2D eigenvalue weighted by molar-refractivity contribution is 0.0984. The minimum Gasteiger partial charge on any atom is -0.294 e. The Kier molecular flexibility index (Phi) is 4.18. The Morgan fingerprint density at radius 3 is 2.71 bits per heavy atom. The van der Waals surface area contributed by atoms with Crippen LogP contribution in [0.4, 0.5) is 0 Å². The van der Waals surface area contributed by atoms with Crippen molar-refractivity contribution < 1.29 is 4.79 Å². The van der Waals surface area contributed by atoms with Gasteiger partial charge < -0.3 is 0 Å². The van der Waals surface area contributed by atoms with Crippen LogP contribution in [0.15, 0.2) is 30.9 Å². The number of carbonyl (C=O) groups excluding carboxylic acids is 1. The average molecular weight is 229 g/mol. The number of halogens is 2. The topological polar surface area (TPSA) is 17.1 Å². The summed E-state index contributed by atoms with van der Waals surface area (Å²) in [7, 11) is 0. The maximum atomic E-state index is 11.6.